The summed E-state index contributed by atoms with van der Waals surface area (Å²) in [4.78, 5) is 11.2. The monoisotopic (exact) mass is 216 g/mol. The van der Waals surface area contributed by atoms with Gasteiger partial charge in [-0.3, -0.25) is 0 Å². The lowest BCUT2D eigenvalue weighted by Crippen LogP contribution is -2.18. The van der Waals surface area contributed by atoms with Crippen molar-refractivity contribution in [3.8, 4) is 0 Å². The summed E-state index contributed by atoms with van der Waals surface area (Å²) in [5.74, 6) is 0.187. The van der Waals surface area contributed by atoms with Gasteiger partial charge in [-0.15, -0.1) is 0 Å². The fraction of sp³-hybridized carbons (Fsp3) is 0.917. The molecule has 0 atom stereocenters. The molecule has 0 aliphatic rings. The first kappa shape index (κ1) is 14.4. The van der Waals surface area contributed by atoms with Crippen LogP contribution in [0.3, 0.4) is 0 Å². The first-order chi connectivity index (χ1) is 6.81. The summed E-state index contributed by atoms with van der Waals surface area (Å²) in [6, 6.07) is 0. The predicted molar refractivity (Wildman–Crippen MR) is 60.7 cm³/mol. The molecule has 3 heteroatoms. The van der Waals surface area contributed by atoms with Crippen LogP contribution in [0.1, 0.15) is 41.0 Å². The van der Waals surface area contributed by atoms with E-state index in [9.17, 15) is 4.79 Å². The van der Waals surface area contributed by atoms with Crippen LogP contribution in [-0.2, 0) is 14.3 Å². The number of hydrogen-bond donors (Lipinski definition) is 0. The molecule has 15 heavy (non-hydrogen) atoms. The topological polar surface area (TPSA) is 35.5 Å². The summed E-state index contributed by atoms with van der Waals surface area (Å²) in [6.07, 6.45) is 0.878. The van der Waals surface area contributed by atoms with Gasteiger partial charge in [0.2, 0.25) is 0 Å². The smallest absolute Gasteiger partial charge is 0.332 e. The molecule has 0 N–H and O–H groups in total. The van der Waals surface area contributed by atoms with Gasteiger partial charge in [-0.2, -0.15) is 0 Å². The minimum absolute atomic E-state index is 0.0717. The maximum Gasteiger partial charge on any atom is 0.332 e. The maximum atomic E-state index is 11.2. The van der Waals surface area contributed by atoms with Crippen LogP contribution in [0.15, 0.2) is 0 Å². The Bertz CT molecular complexity index is 180. The maximum absolute atomic E-state index is 11.2. The quantitative estimate of drug-likeness (QED) is 0.640. The Hall–Kier alpha value is -0.570. The van der Waals surface area contributed by atoms with Crippen molar-refractivity contribution < 1.29 is 14.3 Å². The van der Waals surface area contributed by atoms with Gasteiger partial charge < -0.3 is 9.47 Å². The van der Waals surface area contributed by atoms with E-state index in [0.717, 1.165) is 6.42 Å². The van der Waals surface area contributed by atoms with E-state index in [2.05, 4.69) is 20.8 Å². The second-order valence-electron chi connectivity index (χ2n) is 5.44. The molecule has 90 valence electrons. The number of esters is 1. The number of carbonyl (C=O) groups is 1. The van der Waals surface area contributed by atoms with Crippen LogP contribution in [0.2, 0.25) is 0 Å². The molecule has 0 bridgehead atoms. The van der Waals surface area contributed by atoms with Gasteiger partial charge in [0.25, 0.3) is 0 Å². The lowest BCUT2D eigenvalue weighted by atomic mass is 9.93. The van der Waals surface area contributed by atoms with Crippen molar-refractivity contribution in [3.63, 3.8) is 0 Å². The van der Waals surface area contributed by atoms with E-state index in [0.29, 0.717) is 19.1 Å². The molecule has 0 heterocycles. The molecule has 0 aromatic carbocycles. The highest BCUT2D eigenvalue weighted by Gasteiger charge is 2.11. The summed E-state index contributed by atoms with van der Waals surface area (Å²) in [7, 11) is 0. The normalized spacial score (nSPS) is 11.9. The Kier molecular flexibility index (Phi) is 6.57. The highest BCUT2D eigenvalue weighted by Crippen LogP contribution is 2.17. The standard InChI is InChI=1S/C12H24O3/c1-10(2)8-14-9-11(13)15-7-6-12(3,4)5/h10H,6-9H2,1-5H3. The molecule has 0 fully saturated rings. The first-order valence-electron chi connectivity index (χ1n) is 5.54. The number of carbonyl (C=O) groups excluding carboxylic acids is 1. The Morgan fingerprint density at radius 2 is 1.87 bits per heavy atom. The van der Waals surface area contributed by atoms with Crippen molar-refractivity contribution in [2.45, 2.75) is 41.0 Å². The first-order valence-corrected chi connectivity index (χ1v) is 5.54. The molecule has 0 amide bonds. The average molecular weight is 216 g/mol. The van der Waals surface area contributed by atoms with Gasteiger partial charge >= 0.3 is 5.97 Å². The van der Waals surface area contributed by atoms with Crippen molar-refractivity contribution >= 4 is 5.97 Å². The van der Waals surface area contributed by atoms with E-state index in [1.807, 2.05) is 13.8 Å². The minimum atomic E-state index is -0.264. The molecular formula is C12H24O3. The third kappa shape index (κ3) is 11.4. The van der Waals surface area contributed by atoms with Gasteiger partial charge in [0.05, 0.1) is 6.61 Å². The van der Waals surface area contributed by atoms with E-state index in [1.165, 1.54) is 0 Å². The third-order valence-corrected chi connectivity index (χ3v) is 1.79. The van der Waals surface area contributed by atoms with Crippen molar-refractivity contribution in [1.82, 2.24) is 0 Å². The van der Waals surface area contributed by atoms with Gasteiger partial charge in [-0.1, -0.05) is 34.6 Å². The molecular weight excluding hydrogens is 192 g/mol. The minimum Gasteiger partial charge on any atom is -0.464 e. The van der Waals surface area contributed by atoms with E-state index in [4.69, 9.17) is 9.47 Å². The molecule has 0 aromatic heterocycles. The van der Waals surface area contributed by atoms with Crippen molar-refractivity contribution in [2.24, 2.45) is 11.3 Å². The summed E-state index contributed by atoms with van der Waals surface area (Å²) in [6.45, 7) is 11.6. The average Bonchev–Trinajstić information content (AvgIpc) is 2.00. The van der Waals surface area contributed by atoms with Crippen LogP contribution in [0.4, 0.5) is 0 Å². The molecule has 0 rings (SSSR count). The molecule has 0 spiro atoms. The van der Waals surface area contributed by atoms with Crippen LogP contribution < -0.4 is 0 Å². The summed E-state index contributed by atoms with van der Waals surface area (Å²) < 4.78 is 10.2. The molecule has 0 aliphatic heterocycles. The summed E-state index contributed by atoms with van der Waals surface area (Å²) >= 11 is 0. The molecule has 0 aliphatic carbocycles. The highest BCUT2D eigenvalue weighted by atomic mass is 16.6. The number of ether oxygens (including phenoxy) is 2. The molecule has 3 nitrogen and oxygen atoms in total. The van der Waals surface area contributed by atoms with Crippen molar-refractivity contribution in [1.29, 1.82) is 0 Å². The van der Waals surface area contributed by atoms with E-state index >= 15 is 0 Å². The van der Waals surface area contributed by atoms with Gasteiger partial charge in [0.1, 0.15) is 6.61 Å². The van der Waals surface area contributed by atoms with Crippen LogP contribution in [0, 0.1) is 11.3 Å². The number of hydrogen-bond acceptors (Lipinski definition) is 3. The van der Waals surface area contributed by atoms with E-state index in [-0.39, 0.29) is 18.0 Å². The zero-order chi connectivity index (χ0) is 11.9. The zero-order valence-corrected chi connectivity index (χ0v) is 10.6. The number of rotatable bonds is 6. The summed E-state index contributed by atoms with van der Waals surface area (Å²) in [5.41, 5.74) is 0.207. The highest BCUT2D eigenvalue weighted by molar-refractivity contribution is 5.70. The largest absolute Gasteiger partial charge is 0.464 e. The van der Waals surface area contributed by atoms with Crippen molar-refractivity contribution in [3.05, 3.63) is 0 Å². The Labute approximate surface area is 93.1 Å². The van der Waals surface area contributed by atoms with Crippen LogP contribution in [0.5, 0.6) is 0 Å². The lowest BCUT2D eigenvalue weighted by Gasteiger charge is -2.17. The second-order valence-corrected chi connectivity index (χ2v) is 5.44. The molecule has 0 unspecified atom stereocenters. The lowest BCUT2D eigenvalue weighted by molar-refractivity contribution is -0.149. The summed E-state index contributed by atoms with van der Waals surface area (Å²) in [5, 5.41) is 0. The van der Waals surface area contributed by atoms with Crippen LogP contribution in [-0.4, -0.2) is 25.8 Å². The Morgan fingerprint density at radius 3 is 2.33 bits per heavy atom. The fourth-order valence-corrected chi connectivity index (χ4v) is 0.891. The Morgan fingerprint density at radius 1 is 1.27 bits per heavy atom. The molecule has 0 aromatic rings. The van der Waals surface area contributed by atoms with E-state index in [1.54, 1.807) is 0 Å². The predicted octanol–water partition coefficient (Wildman–Crippen LogP) is 2.64. The SMILES string of the molecule is CC(C)COCC(=O)OCCC(C)(C)C. The second kappa shape index (κ2) is 6.83. The third-order valence-electron chi connectivity index (χ3n) is 1.79. The van der Waals surface area contributed by atoms with Gasteiger partial charge in [0, 0.05) is 6.61 Å². The van der Waals surface area contributed by atoms with Gasteiger partial charge in [-0.05, 0) is 17.8 Å². The molecule has 0 saturated heterocycles. The van der Waals surface area contributed by atoms with Crippen LogP contribution in [0.25, 0.3) is 0 Å². The van der Waals surface area contributed by atoms with Gasteiger partial charge in [-0.25, -0.2) is 4.79 Å². The van der Waals surface area contributed by atoms with Crippen molar-refractivity contribution in [2.75, 3.05) is 19.8 Å². The van der Waals surface area contributed by atoms with Crippen LogP contribution >= 0.6 is 0 Å². The zero-order valence-electron chi connectivity index (χ0n) is 10.6. The Balaban J connectivity index is 3.42. The molecule has 0 radical (unpaired) electrons. The fourth-order valence-electron chi connectivity index (χ4n) is 0.891. The molecule has 0 saturated carbocycles. The van der Waals surface area contributed by atoms with E-state index < -0.39 is 0 Å². The van der Waals surface area contributed by atoms with Gasteiger partial charge in [0.15, 0.2) is 0 Å².